The van der Waals surface area contributed by atoms with E-state index in [0.29, 0.717) is 11.8 Å². The van der Waals surface area contributed by atoms with Gasteiger partial charge in [-0.1, -0.05) is 11.6 Å². The maximum absolute atomic E-state index is 12.0. The topological polar surface area (TPSA) is 43.4 Å². The molecular formula is C14H14O3. The van der Waals surface area contributed by atoms with E-state index in [4.69, 9.17) is 4.74 Å². The molecular weight excluding hydrogens is 216 g/mol. The highest BCUT2D eigenvalue weighted by Gasteiger charge is 2.73. The van der Waals surface area contributed by atoms with E-state index >= 15 is 0 Å². The largest absolute Gasteiger partial charge is 0.393 e. The fraction of sp³-hybridized carbons (Fsp3) is 0.714. The monoisotopic (exact) mass is 230 g/mol. The zero-order valence-electron chi connectivity index (χ0n) is 9.52. The van der Waals surface area contributed by atoms with Gasteiger partial charge in [-0.2, -0.15) is 0 Å². The average molecular weight is 230 g/mol. The molecule has 0 amide bonds. The van der Waals surface area contributed by atoms with Gasteiger partial charge in [0, 0.05) is 5.41 Å². The summed E-state index contributed by atoms with van der Waals surface area (Å²) < 4.78 is 4.91. The number of hydrogen-bond donors (Lipinski definition) is 0. The van der Waals surface area contributed by atoms with Crippen LogP contribution in [0.4, 0.5) is 0 Å². The molecule has 5 aliphatic rings. The predicted molar refractivity (Wildman–Crippen MR) is 57.5 cm³/mol. The highest BCUT2D eigenvalue weighted by atomic mass is 16.6. The molecule has 0 radical (unpaired) electrons. The first-order chi connectivity index (χ1) is 8.22. The van der Waals surface area contributed by atoms with Crippen LogP contribution in [-0.4, -0.2) is 11.9 Å². The standard InChI is InChI=1S/C14H14O3/c15-12-10-7-4-9-6-1-2-8(3-6)14(9,5-7)11(10)13(16)17-12/h4,6-8,10-11H,1-3,5H2/t6-,7+,8+,10+,11-,14-/m0/s1. The van der Waals surface area contributed by atoms with E-state index in [2.05, 4.69) is 6.08 Å². The first kappa shape index (κ1) is 8.90. The molecule has 6 atom stereocenters. The van der Waals surface area contributed by atoms with Gasteiger partial charge >= 0.3 is 11.9 Å². The van der Waals surface area contributed by atoms with Crippen LogP contribution in [-0.2, 0) is 14.3 Å². The van der Waals surface area contributed by atoms with Crippen LogP contribution in [0, 0.1) is 35.0 Å². The van der Waals surface area contributed by atoms with Gasteiger partial charge in [0.25, 0.3) is 0 Å². The number of ether oxygens (including phenoxy) is 1. The first-order valence-corrected chi connectivity index (χ1v) is 6.69. The summed E-state index contributed by atoms with van der Waals surface area (Å²) in [6, 6.07) is 0. The summed E-state index contributed by atoms with van der Waals surface area (Å²) >= 11 is 0. The Morgan fingerprint density at radius 1 is 1.24 bits per heavy atom. The maximum Gasteiger partial charge on any atom is 0.318 e. The third-order valence-electron chi connectivity index (χ3n) is 6.21. The smallest absolute Gasteiger partial charge is 0.318 e. The Morgan fingerprint density at radius 2 is 2.12 bits per heavy atom. The van der Waals surface area contributed by atoms with Gasteiger partial charge in [0.15, 0.2) is 0 Å². The Morgan fingerprint density at radius 3 is 3.00 bits per heavy atom. The summed E-state index contributed by atoms with van der Waals surface area (Å²) in [6.07, 6.45) is 7.19. The van der Waals surface area contributed by atoms with E-state index in [9.17, 15) is 9.59 Å². The normalized spacial score (nSPS) is 57.2. The SMILES string of the molecule is O=C1OC(=O)[C@@H]2[C@H]1[C@@H]1C=C3[C@H]4CC[C@H](C4)[C@@]32C1. The van der Waals surface area contributed by atoms with Gasteiger partial charge < -0.3 is 4.74 Å². The van der Waals surface area contributed by atoms with E-state index in [1.165, 1.54) is 24.8 Å². The molecule has 1 spiro atoms. The van der Waals surface area contributed by atoms with Crippen molar-refractivity contribution in [3.05, 3.63) is 11.6 Å². The summed E-state index contributed by atoms with van der Waals surface area (Å²) in [4.78, 5) is 23.8. The molecule has 4 aliphatic carbocycles. The number of cyclic esters (lactones) is 2. The number of carbonyl (C=O) groups is 2. The third-order valence-corrected chi connectivity index (χ3v) is 6.21. The summed E-state index contributed by atoms with van der Waals surface area (Å²) in [7, 11) is 0. The highest BCUT2D eigenvalue weighted by Crippen LogP contribution is 2.75. The van der Waals surface area contributed by atoms with Gasteiger partial charge in [-0.05, 0) is 43.4 Å². The molecule has 0 aromatic rings. The number of carbonyl (C=O) groups excluding carboxylic acids is 2. The molecule has 1 saturated heterocycles. The van der Waals surface area contributed by atoms with E-state index in [0.717, 1.165) is 12.3 Å². The lowest BCUT2D eigenvalue weighted by molar-refractivity contribution is -0.155. The molecule has 4 bridgehead atoms. The summed E-state index contributed by atoms with van der Waals surface area (Å²) in [5, 5.41) is 0. The van der Waals surface area contributed by atoms with E-state index in [1.807, 2.05) is 0 Å². The van der Waals surface area contributed by atoms with Crippen molar-refractivity contribution in [3.8, 4) is 0 Å². The fourth-order valence-corrected chi connectivity index (χ4v) is 5.86. The van der Waals surface area contributed by atoms with Gasteiger partial charge in [-0.15, -0.1) is 0 Å². The van der Waals surface area contributed by atoms with Crippen molar-refractivity contribution in [2.45, 2.75) is 25.7 Å². The number of fused-ring (bicyclic) bond motifs is 6. The van der Waals surface area contributed by atoms with Crippen LogP contribution in [0.2, 0.25) is 0 Å². The molecule has 5 rings (SSSR count). The minimum atomic E-state index is -0.250. The molecule has 3 heteroatoms. The molecule has 3 saturated carbocycles. The molecule has 4 fully saturated rings. The van der Waals surface area contributed by atoms with Crippen molar-refractivity contribution >= 4 is 11.9 Å². The highest BCUT2D eigenvalue weighted by molar-refractivity contribution is 5.99. The van der Waals surface area contributed by atoms with E-state index in [1.54, 1.807) is 0 Å². The average Bonchev–Trinajstić information content (AvgIpc) is 3.01. The molecule has 88 valence electrons. The second kappa shape index (κ2) is 2.36. The fourth-order valence-electron chi connectivity index (χ4n) is 5.86. The Labute approximate surface area is 99.2 Å². The van der Waals surface area contributed by atoms with Crippen molar-refractivity contribution in [1.29, 1.82) is 0 Å². The van der Waals surface area contributed by atoms with Crippen LogP contribution < -0.4 is 0 Å². The van der Waals surface area contributed by atoms with Crippen LogP contribution in [0.1, 0.15) is 25.7 Å². The molecule has 3 nitrogen and oxygen atoms in total. The molecule has 17 heavy (non-hydrogen) atoms. The summed E-state index contributed by atoms with van der Waals surface area (Å²) in [5.74, 6) is 0.950. The summed E-state index contributed by atoms with van der Waals surface area (Å²) in [5.41, 5.74) is 1.59. The van der Waals surface area contributed by atoms with Gasteiger partial charge in [0.2, 0.25) is 0 Å². The molecule has 0 N–H and O–H groups in total. The second-order valence-electron chi connectivity index (χ2n) is 6.48. The number of hydrogen-bond acceptors (Lipinski definition) is 3. The van der Waals surface area contributed by atoms with Crippen LogP contribution in [0.5, 0.6) is 0 Å². The van der Waals surface area contributed by atoms with E-state index < -0.39 is 0 Å². The van der Waals surface area contributed by atoms with Gasteiger partial charge in [-0.3, -0.25) is 9.59 Å². The van der Waals surface area contributed by atoms with Crippen molar-refractivity contribution in [3.63, 3.8) is 0 Å². The van der Waals surface area contributed by atoms with Gasteiger partial charge in [-0.25, -0.2) is 0 Å². The predicted octanol–water partition coefficient (Wildman–Crippen LogP) is 1.68. The lowest BCUT2D eigenvalue weighted by atomic mass is 9.63. The van der Waals surface area contributed by atoms with Crippen molar-refractivity contribution < 1.29 is 14.3 Å². The number of esters is 2. The van der Waals surface area contributed by atoms with Crippen LogP contribution >= 0.6 is 0 Å². The van der Waals surface area contributed by atoms with Gasteiger partial charge in [0.05, 0.1) is 11.8 Å². The van der Waals surface area contributed by atoms with Crippen LogP contribution in [0.25, 0.3) is 0 Å². The minimum absolute atomic E-state index is 0.0570. The molecule has 1 aliphatic heterocycles. The quantitative estimate of drug-likeness (QED) is 0.361. The lowest BCUT2D eigenvalue weighted by Gasteiger charge is -2.38. The van der Waals surface area contributed by atoms with Gasteiger partial charge in [0.1, 0.15) is 0 Å². The zero-order chi connectivity index (χ0) is 11.4. The summed E-state index contributed by atoms with van der Waals surface area (Å²) in [6.45, 7) is 0. The van der Waals surface area contributed by atoms with Crippen molar-refractivity contribution in [2.24, 2.45) is 35.0 Å². The molecule has 1 heterocycles. The third kappa shape index (κ3) is 0.712. The van der Waals surface area contributed by atoms with E-state index in [-0.39, 0.29) is 29.2 Å². The Kier molecular flexibility index (Phi) is 1.23. The Hall–Kier alpha value is -1.12. The first-order valence-electron chi connectivity index (χ1n) is 6.69. The van der Waals surface area contributed by atoms with Crippen LogP contribution in [0.3, 0.4) is 0 Å². The van der Waals surface area contributed by atoms with Crippen molar-refractivity contribution in [2.75, 3.05) is 0 Å². The minimum Gasteiger partial charge on any atom is -0.393 e. The number of allylic oxidation sites excluding steroid dienone is 2. The second-order valence-corrected chi connectivity index (χ2v) is 6.48. The molecule has 0 aromatic heterocycles. The molecule has 0 aromatic carbocycles. The van der Waals surface area contributed by atoms with Crippen molar-refractivity contribution in [1.82, 2.24) is 0 Å². The zero-order valence-corrected chi connectivity index (χ0v) is 9.52. The van der Waals surface area contributed by atoms with Crippen LogP contribution in [0.15, 0.2) is 11.6 Å². The lowest BCUT2D eigenvalue weighted by Crippen LogP contribution is -2.38. The Bertz CT molecular complexity index is 506. The molecule has 0 unspecified atom stereocenters. The maximum atomic E-state index is 12.0. The number of rotatable bonds is 0. The Balaban J connectivity index is 1.75.